The first-order valence-corrected chi connectivity index (χ1v) is 8.30. The molecule has 0 spiro atoms. The van der Waals surface area contributed by atoms with Crippen LogP contribution in [0.4, 0.5) is 0 Å². The maximum absolute atomic E-state index is 3.53. The molecule has 20 heavy (non-hydrogen) atoms. The highest BCUT2D eigenvalue weighted by molar-refractivity contribution is 7.99. The van der Waals surface area contributed by atoms with Gasteiger partial charge >= 0.3 is 0 Å². The molecule has 1 N–H and O–H groups in total. The summed E-state index contributed by atoms with van der Waals surface area (Å²) in [6, 6.07) is 18.3. The zero-order chi connectivity index (χ0) is 13.9. The second-order valence-corrected chi connectivity index (χ2v) is 6.38. The maximum Gasteiger partial charge on any atom is 0.0395 e. The lowest BCUT2D eigenvalue weighted by atomic mass is 9.88. The largest absolute Gasteiger partial charge is 0.312 e. The van der Waals surface area contributed by atoms with Crippen molar-refractivity contribution >= 4 is 11.8 Å². The summed E-state index contributed by atoms with van der Waals surface area (Å²) in [7, 11) is 2.07. The van der Waals surface area contributed by atoms with E-state index in [4.69, 9.17) is 0 Å². The quantitative estimate of drug-likeness (QED) is 0.892. The zero-order valence-electron chi connectivity index (χ0n) is 12.1. The number of aryl methyl sites for hydroxylation is 1. The fraction of sp³-hybridized carbons (Fsp3) is 0.333. The number of nitrogens with one attached hydrogen (secondary N) is 1. The van der Waals surface area contributed by atoms with E-state index in [0.717, 1.165) is 6.42 Å². The maximum atomic E-state index is 3.53. The third kappa shape index (κ3) is 2.50. The summed E-state index contributed by atoms with van der Waals surface area (Å²) in [5.41, 5.74) is 4.30. The molecule has 1 nitrogen and oxygen atoms in total. The molecule has 0 radical (unpaired) electrons. The fourth-order valence-corrected chi connectivity index (χ4v) is 4.32. The van der Waals surface area contributed by atoms with Crippen LogP contribution in [-0.2, 0) is 6.42 Å². The molecule has 0 aliphatic carbocycles. The van der Waals surface area contributed by atoms with Gasteiger partial charge in [0.05, 0.1) is 0 Å². The molecule has 1 aliphatic heterocycles. The van der Waals surface area contributed by atoms with E-state index < -0.39 is 0 Å². The average Bonchev–Trinajstić information content (AvgIpc) is 2.93. The van der Waals surface area contributed by atoms with Gasteiger partial charge in [-0.1, -0.05) is 49.4 Å². The predicted octanol–water partition coefficient (Wildman–Crippen LogP) is 4.40. The van der Waals surface area contributed by atoms with E-state index in [0.29, 0.717) is 12.0 Å². The Kier molecular flexibility index (Phi) is 4.13. The number of benzene rings is 2. The number of rotatable bonds is 4. The first-order valence-electron chi connectivity index (χ1n) is 7.31. The van der Waals surface area contributed by atoms with Gasteiger partial charge in [0.1, 0.15) is 0 Å². The summed E-state index contributed by atoms with van der Waals surface area (Å²) in [5.74, 6) is 1.73. The van der Waals surface area contributed by atoms with Gasteiger partial charge in [0, 0.05) is 22.6 Å². The summed E-state index contributed by atoms with van der Waals surface area (Å²) < 4.78 is 0. The minimum Gasteiger partial charge on any atom is -0.312 e. The van der Waals surface area contributed by atoms with Crippen LogP contribution < -0.4 is 5.32 Å². The number of hydrogen-bond donors (Lipinski definition) is 1. The Morgan fingerprint density at radius 1 is 1.15 bits per heavy atom. The van der Waals surface area contributed by atoms with Crippen molar-refractivity contribution in [1.29, 1.82) is 0 Å². The van der Waals surface area contributed by atoms with Crippen LogP contribution in [-0.4, -0.2) is 12.8 Å². The molecule has 104 valence electrons. The smallest absolute Gasteiger partial charge is 0.0395 e. The van der Waals surface area contributed by atoms with Gasteiger partial charge in [0.15, 0.2) is 0 Å². The van der Waals surface area contributed by atoms with Gasteiger partial charge in [-0.25, -0.2) is 0 Å². The van der Waals surface area contributed by atoms with Crippen molar-refractivity contribution in [2.45, 2.75) is 30.2 Å². The Morgan fingerprint density at radius 2 is 1.90 bits per heavy atom. The fourth-order valence-electron chi connectivity index (χ4n) is 3.02. The molecule has 0 fully saturated rings. The lowest BCUT2D eigenvalue weighted by molar-refractivity contribution is 0.514. The number of fused-ring (bicyclic) bond motifs is 1. The Morgan fingerprint density at radius 3 is 2.60 bits per heavy atom. The molecule has 1 aliphatic rings. The van der Waals surface area contributed by atoms with Crippen LogP contribution in [0.15, 0.2) is 53.4 Å². The van der Waals surface area contributed by atoms with E-state index in [-0.39, 0.29) is 0 Å². The van der Waals surface area contributed by atoms with Crippen molar-refractivity contribution in [3.8, 4) is 0 Å². The molecule has 1 heterocycles. The van der Waals surface area contributed by atoms with Crippen LogP contribution in [0.2, 0.25) is 0 Å². The van der Waals surface area contributed by atoms with Gasteiger partial charge in [0.2, 0.25) is 0 Å². The lowest BCUT2D eigenvalue weighted by Gasteiger charge is -2.24. The third-order valence-electron chi connectivity index (χ3n) is 4.20. The molecular weight excluding hydrogens is 262 g/mol. The molecule has 2 aromatic rings. The Balaban J connectivity index is 1.90. The van der Waals surface area contributed by atoms with E-state index in [1.807, 2.05) is 11.8 Å². The van der Waals surface area contributed by atoms with E-state index in [1.165, 1.54) is 27.3 Å². The van der Waals surface area contributed by atoms with E-state index >= 15 is 0 Å². The molecule has 2 unspecified atom stereocenters. The first-order chi connectivity index (χ1) is 9.83. The van der Waals surface area contributed by atoms with E-state index in [9.17, 15) is 0 Å². The molecule has 0 saturated heterocycles. The van der Waals surface area contributed by atoms with Crippen LogP contribution in [0.1, 0.15) is 35.6 Å². The van der Waals surface area contributed by atoms with E-state index in [2.05, 4.69) is 67.8 Å². The standard InChI is InChI=1S/C18H21NS/c1-3-13-8-10-14(11-9-13)18(19-2)16-12-20-17-7-5-4-6-15(16)17/h4-11,16,18-19H,3,12H2,1-2H3. The molecule has 2 heteroatoms. The lowest BCUT2D eigenvalue weighted by Crippen LogP contribution is -2.24. The van der Waals surface area contributed by atoms with Gasteiger partial charge in [0.25, 0.3) is 0 Å². The average molecular weight is 283 g/mol. The molecule has 0 saturated carbocycles. The SMILES string of the molecule is CCc1ccc(C(NC)C2CSc3ccccc32)cc1. The number of hydrogen-bond acceptors (Lipinski definition) is 2. The minimum absolute atomic E-state index is 0.400. The first kappa shape index (κ1) is 13.7. The number of thioether (sulfide) groups is 1. The Hall–Kier alpha value is -1.25. The summed E-state index contributed by atoms with van der Waals surface area (Å²) in [5, 5.41) is 3.53. The van der Waals surface area contributed by atoms with Crippen molar-refractivity contribution in [2.75, 3.05) is 12.8 Å². The zero-order valence-corrected chi connectivity index (χ0v) is 12.9. The normalized spacial score (nSPS) is 18.8. The molecule has 0 amide bonds. The highest BCUT2D eigenvalue weighted by Gasteiger charge is 2.30. The van der Waals surface area contributed by atoms with Crippen LogP contribution in [0, 0.1) is 0 Å². The van der Waals surface area contributed by atoms with Gasteiger partial charge in [-0.15, -0.1) is 11.8 Å². The Labute approximate surface area is 125 Å². The number of likely N-dealkylation sites (N-methyl/N-ethyl adjacent to an activating group) is 1. The van der Waals surface area contributed by atoms with Gasteiger partial charge in [-0.05, 0) is 36.2 Å². The molecule has 3 rings (SSSR count). The van der Waals surface area contributed by atoms with Crippen molar-refractivity contribution in [1.82, 2.24) is 5.32 Å². The highest BCUT2D eigenvalue weighted by atomic mass is 32.2. The molecule has 0 bridgehead atoms. The van der Waals surface area contributed by atoms with Gasteiger partial charge in [-0.3, -0.25) is 0 Å². The van der Waals surface area contributed by atoms with E-state index in [1.54, 1.807) is 0 Å². The van der Waals surface area contributed by atoms with Crippen molar-refractivity contribution in [2.24, 2.45) is 0 Å². The molecular formula is C18H21NS. The monoisotopic (exact) mass is 283 g/mol. The second kappa shape index (κ2) is 6.02. The second-order valence-electron chi connectivity index (χ2n) is 5.32. The molecule has 2 atom stereocenters. The summed E-state index contributed by atoms with van der Waals surface area (Å²) in [6.07, 6.45) is 1.10. The topological polar surface area (TPSA) is 12.0 Å². The van der Waals surface area contributed by atoms with Crippen molar-refractivity contribution < 1.29 is 0 Å². The summed E-state index contributed by atoms with van der Waals surface area (Å²) in [6.45, 7) is 2.20. The van der Waals surface area contributed by atoms with Crippen molar-refractivity contribution in [3.05, 3.63) is 65.2 Å². The summed E-state index contributed by atoms with van der Waals surface area (Å²) in [4.78, 5) is 1.45. The van der Waals surface area contributed by atoms with Crippen LogP contribution in [0.3, 0.4) is 0 Å². The predicted molar refractivity (Wildman–Crippen MR) is 87.5 cm³/mol. The van der Waals surface area contributed by atoms with Crippen LogP contribution >= 0.6 is 11.8 Å². The highest BCUT2D eigenvalue weighted by Crippen LogP contribution is 2.45. The summed E-state index contributed by atoms with van der Waals surface area (Å²) >= 11 is 1.98. The Bertz CT molecular complexity index is 576. The molecule has 0 aromatic heterocycles. The van der Waals surface area contributed by atoms with Gasteiger partial charge in [-0.2, -0.15) is 0 Å². The van der Waals surface area contributed by atoms with Crippen molar-refractivity contribution in [3.63, 3.8) is 0 Å². The third-order valence-corrected chi connectivity index (χ3v) is 5.41. The molecule has 2 aromatic carbocycles. The minimum atomic E-state index is 0.400. The van der Waals surface area contributed by atoms with Crippen LogP contribution in [0.5, 0.6) is 0 Å². The van der Waals surface area contributed by atoms with Gasteiger partial charge < -0.3 is 5.32 Å². The van der Waals surface area contributed by atoms with Crippen LogP contribution in [0.25, 0.3) is 0 Å².